The van der Waals surface area contributed by atoms with Gasteiger partial charge < -0.3 is 0 Å². The Bertz CT molecular complexity index is 266. The molecule has 0 heterocycles. The first-order chi connectivity index (χ1) is 6.15. The first-order valence-electron chi connectivity index (χ1n) is 4.19. The summed E-state index contributed by atoms with van der Waals surface area (Å²) >= 11 is 4.07. The third kappa shape index (κ3) is 2.69. The summed E-state index contributed by atoms with van der Waals surface area (Å²) in [5.41, 5.74) is 0.170. The van der Waals surface area contributed by atoms with Crippen LogP contribution in [0.2, 0.25) is 0 Å². The zero-order valence-corrected chi connectivity index (χ0v) is 8.32. The third-order valence-corrected chi connectivity index (χ3v) is 2.55. The maximum absolute atomic E-state index is 13.1. The fraction of sp³-hybridized carbons (Fsp3) is 0.400. The zero-order chi connectivity index (χ0) is 9.84. The Kier molecular flexibility index (Phi) is 3.72. The molecule has 13 heavy (non-hydrogen) atoms. The molecule has 0 aliphatic heterocycles. The molecule has 0 spiro atoms. The van der Waals surface area contributed by atoms with Gasteiger partial charge in [-0.1, -0.05) is 13.0 Å². The fourth-order valence-electron chi connectivity index (χ4n) is 1.14. The van der Waals surface area contributed by atoms with Crippen molar-refractivity contribution in [1.29, 1.82) is 0 Å². The first kappa shape index (κ1) is 10.5. The lowest BCUT2D eigenvalue weighted by molar-refractivity contribution is 0.528. The predicted octanol–water partition coefficient (Wildman–Crippen LogP) is 3.07. The van der Waals surface area contributed by atoms with Gasteiger partial charge in [0, 0.05) is 5.56 Å². The number of benzene rings is 1. The van der Waals surface area contributed by atoms with Crippen LogP contribution in [0.1, 0.15) is 12.5 Å². The van der Waals surface area contributed by atoms with Gasteiger partial charge in [-0.25, -0.2) is 8.78 Å². The Morgan fingerprint density at radius 2 is 1.85 bits per heavy atom. The number of thiol groups is 1. The van der Waals surface area contributed by atoms with Crippen molar-refractivity contribution in [2.45, 2.75) is 13.3 Å². The van der Waals surface area contributed by atoms with Crippen LogP contribution in [0.15, 0.2) is 18.2 Å². The van der Waals surface area contributed by atoms with Crippen molar-refractivity contribution in [3.05, 3.63) is 35.4 Å². The molecular formula is C10H12F2S. The summed E-state index contributed by atoms with van der Waals surface area (Å²) < 4.78 is 26.2. The van der Waals surface area contributed by atoms with Crippen LogP contribution >= 0.6 is 12.6 Å². The molecule has 0 radical (unpaired) electrons. The van der Waals surface area contributed by atoms with E-state index in [1.807, 2.05) is 6.92 Å². The lowest BCUT2D eigenvalue weighted by Crippen LogP contribution is -2.05. The largest absolute Gasteiger partial charge is 0.207 e. The molecule has 1 unspecified atom stereocenters. The van der Waals surface area contributed by atoms with Gasteiger partial charge in [0.2, 0.25) is 0 Å². The van der Waals surface area contributed by atoms with Crippen molar-refractivity contribution in [1.82, 2.24) is 0 Å². The van der Waals surface area contributed by atoms with Crippen molar-refractivity contribution in [2.24, 2.45) is 5.92 Å². The second-order valence-electron chi connectivity index (χ2n) is 3.19. The molecule has 1 aromatic rings. The Hall–Kier alpha value is -0.570. The molecule has 3 heteroatoms. The summed E-state index contributed by atoms with van der Waals surface area (Å²) in [6.07, 6.45) is 0.405. The van der Waals surface area contributed by atoms with E-state index in [2.05, 4.69) is 12.6 Å². The average molecular weight is 202 g/mol. The fourth-order valence-corrected chi connectivity index (χ4v) is 1.27. The highest BCUT2D eigenvalue weighted by Crippen LogP contribution is 2.16. The van der Waals surface area contributed by atoms with Gasteiger partial charge in [0.25, 0.3) is 0 Å². The van der Waals surface area contributed by atoms with Crippen molar-refractivity contribution >= 4 is 12.6 Å². The van der Waals surface area contributed by atoms with Gasteiger partial charge >= 0.3 is 0 Å². The smallest absolute Gasteiger partial charge is 0.129 e. The number of hydrogen-bond donors (Lipinski definition) is 1. The summed E-state index contributed by atoms with van der Waals surface area (Å²) in [6.45, 7) is 1.92. The summed E-state index contributed by atoms with van der Waals surface area (Å²) in [7, 11) is 0. The Balaban J connectivity index is 2.87. The molecule has 0 saturated carbocycles. The van der Waals surface area contributed by atoms with E-state index in [1.54, 1.807) is 0 Å². The van der Waals surface area contributed by atoms with Crippen LogP contribution in [-0.2, 0) is 6.42 Å². The maximum Gasteiger partial charge on any atom is 0.129 e. The minimum Gasteiger partial charge on any atom is -0.207 e. The van der Waals surface area contributed by atoms with Crippen LogP contribution in [0, 0.1) is 17.6 Å². The highest BCUT2D eigenvalue weighted by Gasteiger charge is 2.10. The molecule has 0 fully saturated rings. The molecule has 0 N–H and O–H groups in total. The topological polar surface area (TPSA) is 0 Å². The summed E-state index contributed by atoms with van der Waals surface area (Å²) in [5.74, 6) is -0.106. The Morgan fingerprint density at radius 3 is 2.31 bits per heavy atom. The average Bonchev–Trinajstić information content (AvgIpc) is 2.11. The lowest BCUT2D eigenvalue weighted by atomic mass is 10.0. The molecule has 1 rings (SSSR count). The highest BCUT2D eigenvalue weighted by atomic mass is 32.1. The third-order valence-electron chi connectivity index (χ3n) is 1.93. The van der Waals surface area contributed by atoms with Crippen molar-refractivity contribution < 1.29 is 8.78 Å². The summed E-state index contributed by atoms with van der Waals surface area (Å²) in [6, 6.07) is 3.94. The molecule has 0 nitrogen and oxygen atoms in total. The molecular weight excluding hydrogens is 190 g/mol. The highest BCUT2D eigenvalue weighted by molar-refractivity contribution is 7.80. The second-order valence-corrected chi connectivity index (χ2v) is 3.56. The van der Waals surface area contributed by atoms with Gasteiger partial charge in [0.05, 0.1) is 0 Å². The van der Waals surface area contributed by atoms with Crippen LogP contribution < -0.4 is 0 Å². The Labute approximate surface area is 82.4 Å². The van der Waals surface area contributed by atoms with Crippen molar-refractivity contribution in [3.8, 4) is 0 Å². The van der Waals surface area contributed by atoms with Gasteiger partial charge in [0.15, 0.2) is 0 Å². The summed E-state index contributed by atoms with van der Waals surface area (Å²) in [5, 5.41) is 0. The molecule has 72 valence electrons. The molecule has 0 amide bonds. The van der Waals surface area contributed by atoms with E-state index in [0.29, 0.717) is 12.2 Å². The first-order valence-corrected chi connectivity index (χ1v) is 4.82. The minimum atomic E-state index is -0.464. The maximum atomic E-state index is 13.1. The Morgan fingerprint density at radius 1 is 1.31 bits per heavy atom. The van der Waals surface area contributed by atoms with Crippen molar-refractivity contribution in [2.75, 3.05) is 5.75 Å². The van der Waals surface area contributed by atoms with Crippen LogP contribution in [0.4, 0.5) is 8.78 Å². The van der Waals surface area contributed by atoms with E-state index in [1.165, 1.54) is 18.2 Å². The molecule has 0 saturated heterocycles. The van der Waals surface area contributed by atoms with E-state index in [0.717, 1.165) is 0 Å². The monoisotopic (exact) mass is 202 g/mol. The van der Waals surface area contributed by atoms with E-state index in [4.69, 9.17) is 0 Å². The van der Waals surface area contributed by atoms with E-state index < -0.39 is 11.6 Å². The van der Waals surface area contributed by atoms with Gasteiger partial charge in [-0.05, 0) is 30.2 Å². The van der Waals surface area contributed by atoms with Crippen LogP contribution in [0.3, 0.4) is 0 Å². The van der Waals surface area contributed by atoms with Crippen molar-refractivity contribution in [3.63, 3.8) is 0 Å². The molecule has 0 aliphatic carbocycles. The van der Waals surface area contributed by atoms with E-state index >= 15 is 0 Å². The molecule has 0 bridgehead atoms. The normalized spacial score (nSPS) is 12.9. The zero-order valence-electron chi connectivity index (χ0n) is 7.43. The number of rotatable bonds is 3. The number of hydrogen-bond acceptors (Lipinski definition) is 1. The second kappa shape index (κ2) is 4.61. The van der Waals surface area contributed by atoms with Gasteiger partial charge in [-0.3, -0.25) is 0 Å². The number of halogens is 2. The molecule has 0 aliphatic rings. The van der Waals surface area contributed by atoms with Crippen LogP contribution in [0.5, 0.6) is 0 Å². The van der Waals surface area contributed by atoms with Gasteiger partial charge in [0.1, 0.15) is 11.6 Å². The van der Waals surface area contributed by atoms with E-state index in [-0.39, 0.29) is 11.5 Å². The predicted molar refractivity (Wildman–Crippen MR) is 53.1 cm³/mol. The molecule has 1 aromatic carbocycles. The SMILES string of the molecule is CC(CS)Cc1c(F)cccc1F. The molecule has 0 aromatic heterocycles. The molecule has 1 atom stereocenters. The van der Waals surface area contributed by atoms with Crippen LogP contribution in [0.25, 0.3) is 0 Å². The van der Waals surface area contributed by atoms with Gasteiger partial charge in [-0.15, -0.1) is 0 Å². The summed E-state index contributed by atoms with van der Waals surface area (Å²) in [4.78, 5) is 0. The van der Waals surface area contributed by atoms with E-state index in [9.17, 15) is 8.78 Å². The quantitative estimate of drug-likeness (QED) is 0.715. The lowest BCUT2D eigenvalue weighted by Gasteiger charge is -2.09. The van der Waals surface area contributed by atoms with Crippen LogP contribution in [-0.4, -0.2) is 5.75 Å². The minimum absolute atomic E-state index is 0.170. The van der Waals surface area contributed by atoms with Gasteiger partial charge in [-0.2, -0.15) is 12.6 Å². The standard InChI is InChI=1S/C10H12F2S/c1-7(6-13)5-8-9(11)3-2-4-10(8)12/h2-4,7,13H,5-6H2,1H3.